The molecule has 0 saturated carbocycles. The number of alkyl halides is 8. The number of esters is 1. The van der Waals surface area contributed by atoms with Crippen LogP contribution in [0, 0.1) is 0 Å². The first-order chi connectivity index (χ1) is 8.73. The highest BCUT2D eigenvalue weighted by Gasteiger charge is 2.54. The third-order valence-electron chi connectivity index (χ3n) is 0.793. The van der Waals surface area contributed by atoms with Gasteiger partial charge in [0, 0.05) is 0 Å². The van der Waals surface area contributed by atoms with Crippen molar-refractivity contribution in [2.24, 2.45) is 0 Å². The Morgan fingerprint density at radius 1 is 0.762 bits per heavy atom. The van der Waals surface area contributed by atoms with Crippen LogP contribution >= 0.6 is 0 Å². The second-order valence-corrected chi connectivity index (χ2v) is 2.62. The number of hydrogen-bond donors (Lipinski definition) is 5. The summed E-state index contributed by atoms with van der Waals surface area (Å²) in [6.07, 6.45) is -19.5. The Bertz CT molecular complexity index is 280. The first kappa shape index (κ1) is 24.7. The van der Waals surface area contributed by atoms with Crippen molar-refractivity contribution >= 4 is 5.97 Å². The number of methoxy groups -OCH3 is 1. The van der Waals surface area contributed by atoms with Crippen LogP contribution in [0.15, 0.2) is 0 Å². The molecule has 0 aromatic carbocycles. The van der Waals surface area contributed by atoms with E-state index in [0.29, 0.717) is 0 Å². The molecule has 0 fully saturated rings. The number of carbonyl (C=O) groups excluding carboxylic acids is 1. The standard InChI is InChI=1S/C3H4F2O3.C2H2F4O2.CH2F2O2/c1-8-2(6)3(4,5)7;3-1(4,7)2(5,6)8;2-1(3,4)5/h7H,1H3;7-8H;4-5H. The highest BCUT2D eigenvalue weighted by molar-refractivity contribution is 5.75. The van der Waals surface area contributed by atoms with Crippen LogP contribution in [0.5, 0.6) is 0 Å². The molecule has 0 aromatic rings. The number of aliphatic hydroxyl groups is 5. The van der Waals surface area contributed by atoms with Crippen LogP contribution < -0.4 is 0 Å². The lowest BCUT2D eigenvalue weighted by Crippen LogP contribution is -2.39. The molecule has 0 unspecified atom stereocenters. The lowest BCUT2D eigenvalue weighted by molar-refractivity contribution is -0.404. The molecule has 0 atom stereocenters. The summed E-state index contributed by atoms with van der Waals surface area (Å²) in [6.45, 7) is 0. The SMILES string of the molecule is COC(=O)C(O)(F)F.OC(F)(F)C(O)(F)F.OC(O)(F)F. The molecular weight excluding hydrogens is 336 g/mol. The molecule has 0 heterocycles. The van der Waals surface area contributed by atoms with Gasteiger partial charge in [-0.15, -0.1) is 8.78 Å². The van der Waals surface area contributed by atoms with Crippen molar-refractivity contribution in [3.05, 3.63) is 0 Å². The molecule has 5 N–H and O–H groups in total. The Balaban J connectivity index is -0.000000239. The maximum absolute atomic E-state index is 11.2. The van der Waals surface area contributed by atoms with Crippen LogP contribution in [0.3, 0.4) is 0 Å². The topological polar surface area (TPSA) is 127 Å². The molecule has 15 heteroatoms. The van der Waals surface area contributed by atoms with Crippen LogP contribution in [0.1, 0.15) is 0 Å². The zero-order valence-corrected chi connectivity index (χ0v) is 9.58. The Morgan fingerprint density at radius 2 is 0.952 bits per heavy atom. The molecule has 0 amide bonds. The van der Waals surface area contributed by atoms with Gasteiger partial charge in [0.15, 0.2) is 0 Å². The zero-order chi connectivity index (χ0) is 18.3. The predicted molar refractivity (Wildman–Crippen MR) is 42.9 cm³/mol. The van der Waals surface area contributed by atoms with E-state index in [1.165, 1.54) is 0 Å². The van der Waals surface area contributed by atoms with E-state index in [2.05, 4.69) is 4.74 Å². The first-order valence-corrected chi connectivity index (χ1v) is 3.95. The predicted octanol–water partition coefficient (Wildman–Crippen LogP) is -0.578. The van der Waals surface area contributed by atoms with Crippen LogP contribution in [0.2, 0.25) is 0 Å². The van der Waals surface area contributed by atoms with Gasteiger partial charge in [0.1, 0.15) is 0 Å². The van der Waals surface area contributed by atoms with Crippen molar-refractivity contribution in [3.8, 4) is 0 Å². The molecule has 0 saturated heterocycles. The molecule has 0 aliphatic carbocycles. The first-order valence-electron chi connectivity index (χ1n) is 3.95. The van der Waals surface area contributed by atoms with E-state index in [0.717, 1.165) is 7.11 Å². The van der Waals surface area contributed by atoms with Gasteiger partial charge >= 0.3 is 30.6 Å². The number of halogens is 8. The van der Waals surface area contributed by atoms with E-state index in [1.807, 2.05) is 0 Å². The van der Waals surface area contributed by atoms with Gasteiger partial charge in [-0.1, -0.05) is 0 Å². The summed E-state index contributed by atoms with van der Waals surface area (Å²) in [6, 6.07) is 0. The molecule has 130 valence electrons. The average Bonchev–Trinajstić information content (AvgIpc) is 2.09. The quantitative estimate of drug-likeness (QED) is 0.258. The van der Waals surface area contributed by atoms with Crippen molar-refractivity contribution in [1.82, 2.24) is 0 Å². The van der Waals surface area contributed by atoms with E-state index < -0.39 is 30.6 Å². The van der Waals surface area contributed by atoms with Crippen LogP contribution in [0.25, 0.3) is 0 Å². The molecule has 0 rings (SSSR count). The van der Waals surface area contributed by atoms with Gasteiger partial charge in [0.25, 0.3) is 0 Å². The minimum absolute atomic E-state index is 0.756. The summed E-state index contributed by atoms with van der Waals surface area (Å²) in [4.78, 5) is 9.61. The third kappa shape index (κ3) is 21.2. The number of carbonyl (C=O) groups is 1. The normalized spacial score (nSPS) is 12.5. The van der Waals surface area contributed by atoms with E-state index in [4.69, 9.17) is 25.5 Å². The summed E-state index contributed by atoms with van der Waals surface area (Å²) in [5, 5.41) is 35.0. The van der Waals surface area contributed by atoms with E-state index in [9.17, 15) is 39.9 Å². The van der Waals surface area contributed by atoms with Crippen LogP contribution in [-0.2, 0) is 9.53 Å². The van der Waals surface area contributed by atoms with E-state index in [-0.39, 0.29) is 0 Å². The largest absolute Gasteiger partial charge is 0.480 e. The van der Waals surface area contributed by atoms with Gasteiger partial charge in [0.05, 0.1) is 7.11 Å². The van der Waals surface area contributed by atoms with Gasteiger partial charge in [-0.2, -0.15) is 26.3 Å². The van der Waals surface area contributed by atoms with Crippen molar-refractivity contribution in [1.29, 1.82) is 0 Å². The fraction of sp³-hybridized carbons (Fsp3) is 0.833. The summed E-state index contributed by atoms with van der Waals surface area (Å²) in [7, 11) is 0.756. The fourth-order valence-electron chi connectivity index (χ4n) is 0.123. The van der Waals surface area contributed by atoms with Crippen molar-refractivity contribution < 1.29 is 70.2 Å². The van der Waals surface area contributed by atoms with Gasteiger partial charge in [0.2, 0.25) is 0 Å². The summed E-state index contributed by atoms with van der Waals surface area (Å²) >= 11 is 0. The monoisotopic (exact) mass is 344 g/mol. The lowest BCUT2D eigenvalue weighted by atomic mass is 10.6. The number of ether oxygens (including phenoxy) is 1. The highest BCUT2D eigenvalue weighted by atomic mass is 19.3. The zero-order valence-electron chi connectivity index (χ0n) is 9.58. The van der Waals surface area contributed by atoms with Crippen molar-refractivity contribution in [2.75, 3.05) is 7.11 Å². The molecule has 0 bridgehead atoms. The molecule has 0 aliphatic heterocycles. The maximum Gasteiger partial charge on any atom is 0.480 e. The highest BCUT2D eigenvalue weighted by Crippen LogP contribution is 2.27. The van der Waals surface area contributed by atoms with Gasteiger partial charge in [-0.05, 0) is 0 Å². The smallest absolute Gasteiger partial charge is 0.463 e. The fourth-order valence-corrected chi connectivity index (χ4v) is 0.123. The molecule has 7 nitrogen and oxygen atoms in total. The summed E-state index contributed by atoms with van der Waals surface area (Å²) in [5.41, 5.74) is 0. The second kappa shape index (κ2) is 8.23. The van der Waals surface area contributed by atoms with E-state index >= 15 is 0 Å². The van der Waals surface area contributed by atoms with Gasteiger partial charge in [-0.3, -0.25) is 0 Å². The Hall–Kier alpha value is -1.29. The van der Waals surface area contributed by atoms with Gasteiger partial charge < -0.3 is 30.3 Å². The molecule has 21 heavy (non-hydrogen) atoms. The van der Waals surface area contributed by atoms with Crippen molar-refractivity contribution in [2.45, 2.75) is 24.6 Å². The molecule has 0 radical (unpaired) electrons. The van der Waals surface area contributed by atoms with Crippen molar-refractivity contribution in [3.63, 3.8) is 0 Å². The Labute approximate surface area is 109 Å². The van der Waals surface area contributed by atoms with E-state index in [1.54, 1.807) is 0 Å². The number of rotatable bonds is 2. The summed E-state index contributed by atoms with van der Waals surface area (Å²) < 4.78 is 89.3. The molecule has 0 aliphatic rings. The molecular formula is C6H8F8O7. The average molecular weight is 344 g/mol. The minimum atomic E-state index is -5.34. The number of hydrogen-bond acceptors (Lipinski definition) is 7. The van der Waals surface area contributed by atoms with Crippen LogP contribution in [0.4, 0.5) is 35.1 Å². The lowest BCUT2D eigenvalue weighted by Gasteiger charge is -2.13. The minimum Gasteiger partial charge on any atom is -0.463 e. The maximum atomic E-state index is 11.2. The Kier molecular flexibility index (Phi) is 9.68. The molecule has 0 spiro atoms. The second-order valence-electron chi connectivity index (χ2n) is 2.62. The Morgan fingerprint density at radius 3 is 0.952 bits per heavy atom. The van der Waals surface area contributed by atoms with Crippen LogP contribution in [-0.4, -0.2) is 63.2 Å². The molecule has 0 aromatic heterocycles. The third-order valence-corrected chi connectivity index (χ3v) is 0.793. The summed E-state index contributed by atoms with van der Waals surface area (Å²) in [5.74, 6) is -1.95. The van der Waals surface area contributed by atoms with Gasteiger partial charge in [-0.25, -0.2) is 4.79 Å².